The van der Waals surface area contributed by atoms with Crippen molar-refractivity contribution in [2.45, 2.75) is 20.0 Å². The number of hydrogen-bond acceptors (Lipinski definition) is 3. The van der Waals surface area contributed by atoms with Gasteiger partial charge in [-0.2, -0.15) is 5.10 Å². The summed E-state index contributed by atoms with van der Waals surface area (Å²) in [6, 6.07) is 7.49. The Balaban J connectivity index is 2.23. The molecule has 1 aromatic heterocycles. The lowest BCUT2D eigenvalue weighted by Gasteiger charge is -2.11. The fraction of sp³-hybridized carbons (Fsp3) is 0.357. The second kappa shape index (κ2) is 5.23. The molecule has 0 aliphatic heterocycles. The van der Waals surface area contributed by atoms with Gasteiger partial charge in [0.2, 0.25) is 0 Å². The lowest BCUT2D eigenvalue weighted by Crippen LogP contribution is -2.00. The minimum Gasteiger partial charge on any atom is -0.494 e. The fourth-order valence-electron chi connectivity index (χ4n) is 1.98. The van der Waals surface area contributed by atoms with Gasteiger partial charge in [0.15, 0.2) is 0 Å². The van der Waals surface area contributed by atoms with E-state index < -0.39 is 6.10 Å². The number of benzene rings is 1. The van der Waals surface area contributed by atoms with Crippen molar-refractivity contribution in [1.29, 1.82) is 0 Å². The van der Waals surface area contributed by atoms with Crippen LogP contribution in [0.1, 0.15) is 29.8 Å². The Morgan fingerprint density at radius 3 is 2.50 bits per heavy atom. The zero-order valence-electron chi connectivity index (χ0n) is 10.9. The van der Waals surface area contributed by atoms with Crippen molar-refractivity contribution in [3.8, 4) is 5.75 Å². The number of rotatable bonds is 4. The van der Waals surface area contributed by atoms with Gasteiger partial charge in [-0.15, -0.1) is 0 Å². The zero-order valence-corrected chi connectivity index (χ0v) is 10.9. The summed E-state index contributed by atoms with van der Waals surface area (Å²) >= 11 is 0. The van der Waals surface area contributed by atoms with E-state index in [1.165, 1.54) is 0 Å². The lowest BCUT2D eigenvalue weighted by molar-refractivity contribution is 0.219. The average Bonchev–Trinajstić information content (AvgIpc) is 2.69. The topological polar surface area (TPSA) is 47.3 Å². The van der Waals surface area contributed by atoms with Crippen LogP contribution in [0.5, 0.6) is 5.75 Å². The van der Waals surface area contributed by atoms with E-state index in [1.807, 2.05) is 51.4 Å². The molecule has 1 aromatic carbocycles. The highest BCUT2D eigenvalue weighted by Gasteiger charge is 2.15. The summed E-state index contributed by atoms with van der Waals surface area (Å²) in [6.45, 7) is 4.48. The second-order valence-electron chi connectivity index (χ2n) is 4.25. The van der Waals surface area contributed by atoms with Crippen molar-refractivity contribution in [3.63, 3.8) is 0 Å². The lowest BCUT2D eigenvalue weighted by atomic mass is 10.0. The number of aliphatic hydroxyl groups excluding tert-OH is 1. The monoisotopic (exact) mass is 246 g/mol. The third kappa shape index (κ3) is 2.54. The molecule has 0 aliphatic rings. The predicted octanol–water partition coefficient (Wildman–Crippen LogP) is 2.21. The first kappa shape index (κ1) is 12.6. The number of aliphatic hydroxyl groups is 1. The third-order valence-electron chi connectivity index (χ3n) is 2.85. The Bertz CT molecular complexity index is 517. The van der Waals surface area contributed by atoms with Gasteiger partial charge in [0.1, 0.15) is 11.9 Å². The van der Waals surface area contributed by atoms with E-state index in [9.17, 15) is 5.11 Å². The molecular weight excluding hydrogens is 228 g/mol. The van der Waals surface area contributed by atoms with E-state index in [4.69, 9.17) is 4.74 Å². The molecule has 0 saturated carbocycles. The molecule has 0 amide bonds. The van der Waals surface area contributed by atoms with Gasteiger partial charge in [-0.25, -0.2) is 0 Å². The Hall–Kier alpha value is -1.81. The molecule has 0 spiro atoms. The second-order valence-corrected chi connectivity index (χ2v) is 4.25. The minimum atomic E-state index is -0.644. The van der Waals surface area contributed by atoms with Crippen molar-refractivity contribution in [2.24, 2.45) is 7.05 Å². The van der Waals surface area contributed by atoms with Crippen molar-refractivity contribution >= 4 is 0 Å². The molecule has 2 rings (SSSR count). The SMILES string of the molecule is CCOc1ccc(C(O)c2cn(C)nc2C)cc1. The van der Waals surface area contributed by atoms with Crippen molar-refractivity contribution < 1.29 is 9.84 Å². The van der Waals surface area contributed by atoms with E-state index in [0.717, 1.165) is 22.6 Å². The van der Waals surface area contributed by atoms with Gasteiger partial charge in [0.05, 0.1) is 12.3 Å². The maximum atomic E-state index is 10.3. The summed E-state index contributed by atoms with van der Waals surface area (Å²) in [7, 11) is 1.85. The van der Waals surface area contributed by atoms with Crippen LogP contribution in [0.25, 0.3) is 0 Å². The van der Waals surface area contributed by atoms with E-state index in [0.29, 0.717) is 6.61 Å². The number of aryl methyl sites for hydroxylation is 2. The van der Waals surface area contributed by atoms with E-state index >= 15 is 0 Å². The summed E-state index contributed by atoms with van der Waals surface area (Å²) in [6.07, 6.45) is 1.20. The number of hydrogen-bond donors (Lipinski definition) is 1. The summed E-state index contributed by atoms with van der Waals surface area (Å²) in [5.74, 6) is 0.816. The van der Waals surface area contributed by atoms with Gasteiger partial charge in [0.25, 0.3) is 0 Å². The minimum absolute atomic E-state index is 0.642. The highest BCUT2D eigenvalue weighted by atomic mass is 16.5. The number of ether oxygens (including phenoxy) is 1. The average molecular weight is 246 g/mol. The van der Waals surface area contributed by atoms with Crippen LogP contribution in [0.3, 0.4) is 0 Å². The van der Waals surface area contributed by atoms with Crippen LogP contribution in [-0.4, -0.2) is 21.5 Å². The first-order valence-corrected chi connectivity index (χ1v) is 6.02. The van der Waals surface area contributed by atoms with E-state index in [2.05, 4.69) is 5.10 Å². The molecule has 18 heavy (non-hydrogen) atoms. The normalized spacial score (nSPS) is 12.4. The molecule has 96 valence electrons. The van der Waals surface area contributed by atoms with Gasteiger partial charge in [-0.1, -0.05) is 12.1 Å². The molecular formula is C14H18N2O2. The smallest absolute Gasteiger partial charge is 0.119 e. The Morgan fingerprint density at radius 2 is 2.00 bits per heavy atom. The van der Waals surface area contributed by atoms with Gasteiger partial charge < -0.3 is 9.84 Å². The van der Waals surface area contributed by atoms with E-state index in [-0.39, 0.29) is 0 Å². The Labute approximate surface area is 107 Å². The summed E-state index contributed by atoms with van der Waals surface area (Å²) < 4.78 is 7.09. The standard InChI is InChI=1S/C14H18N2O2/c1-4-18-12-7-5-11(6-8-12)14(17)13-9-16(3)15-10(13)2/h5-9,14,17H,4H2,1-3H3. The van der Waals surface area contributed by atoms with Gasteiger partial charge in [-0.3, -0.25) is 4.68 Å². The van der Waals surface area contributed by atoms with Crippen molar-refractivity contribution in [3.05, 3.63) is 47.3 Å². The highest BCUT2D eigenvalue weighted by Crippen LogP contribution is 2.25. The van der Waals surface area contributed by atoms with Crippen LogP contribution >= 0.6 is 0 Å². The Kier molecular flexibility index (Phi) is 3.67. The summed E-state index contributed by atoms with van der Waals surface area (Å²) in [4.78, 5) is 0. The first-order valence-electron chi connectivity index (χ1n) is 6.02. The Morgan fingerprint density at radius 1 is 1.33 bits per heavy atom. The first-order chi connectivity index (χ1) is 8.61. The molecule has 0 radical (unpaired) electrons. The fourth-order valence-corrected chi connectivity index (χ4v) is 1.98. The largest absolute Gasteiger partial charge is 0.494 e. The molecule has 1 atom stereocenters. The quantitative estimate of drug-likeness (QED) is 0.899. The van der Waals surface area contributed by atoms with Crippen LogP contribution in [0.4, 0.5) is 0 Å². The number of aromatic nitrogens is 2. The predicted molar refractivity (Wildman–Crippen MR) is 69.6 cm³/mol. The van der Waals surface area contributed by atoms with Gasteiger partial charge >= 0.3 is 0 Å². The van der Waals surface area contributed by atoms with Crippen LogP contribution in [0.2, 0.25) is 0 Å². The maximum absolute atomic E-state index is 10.3. The van der Waals surface area contributed by atoms with Crippen LogP contribution in [0, 0.1) is 6.92 Å². The van der Waals surface area contributed by atoms with Crippen LogP contribution in [-0.2, 0) is 7.05 Å². The molecule has 1 heterocycles. The van der Waals surface area contributed by atoms with Crippen molar-refractivity contribution in [1.82, 2.24) is 9.78 Å². The molecule has 0 aliphatic carbocycles. The molecule has 4 heteroatoms. The molecule has 4 nitrogen and oxygen atoms in total. The third-order valence-corrected chi connectivity index (χ3v) is 2.85. The molecule has 0 saturated heterocycles. The summed E-state index contributed by atoms with van der Waals surface area (Å²) in [5.41, 5.74) is 2.52. The summed E-state index contributed by atoms with van der Waals surface area (Å²) in [5, 5.41) is 14.5. The molecule has 2 aromatic rings. The molecule has 0 fully saturated rings. The van der Waals surface area contributed by atoms with Crippen LogP contribution < -0.4 is 4.74 Å². The van der Waals surface area contributed by atoms with Gasteiger partial charge in [0, 0.05) is 18.8 Å². The van der Waals surface area contributed by atoms with Crippen LogP contribution in [0.15, 0.2) is 30.5 Å². The molecule has 1 N–H and O–H groups in total. The van der Waals surface area contributed by atoms with Crippen molar-refractivity contribution in [2.75, 3.05) is 6.61 Å². The maximum Gasteiger partial charge on any atom is 0.119 e. The zero-order chi connectivity index (χ0) is 13.1. The number of nitrogens with zero attached hydrogens (tertiary/aromatic N) is 2. The van der Waals surface area contributed by atoms with Gasteiger partial charge in [-0.05, 0) is 31.5 Å². The highest BCUT2D eigenvalue weighted by molar-refractivity contribution is 5.34. The van der Waals surface area contributed by atoms with E-state index in [1.54, 1.807) is 4.68 Å². The molecule has 0 bridgehead atoms. The molecule has 1 unspecified atom stereocenters.